The molecule has 0 heterocycles. The molecule has 0 fully saturated rings. The van der Waals surface area contributed by atoms with E-state index in [9.17, 15) is 9.90 Å². The van der Waals surface area contributed by atoms with Crippen LogP contribution in [0.1, 0.15) is 15.9 Å². The molecule has 0 saturated heterocycles. The van der Waals surface area contributed by atoms with E-state index in [2.05, 4.69) is 58.3 Å². The van der Waals surface area contributed by atoms with Gasteiger partial charge < -0.3 is 5.11 Å². The highest BCUT2D eigenvalue weighted by Crippen LogP contribution is 2.38. The molecule has 0 aliphatic carbocycles. The van der Waals surface area contributed by atoms with E-state index >= 15 is 0 Å². The largest absolute Gasteiger partial charge is 0.506 e. The van der Waals surface area contributed by atoms with Crippen molar-refractivity contribution in [1.82, 2.24) is 5.43 Å². The van der Waals surface area contributed by atoms with Gasteiger partial charge in [-0.05, 0) is 62.2 Å². The van der Waals surface area contributed by atoms with Gasteiger partial charge in [0.1, 0.15) is 5.75 Å². The second kappa shape index (κ2) is 7.59. The number of hydrogen-bond acceptors (Lipinski definition) is 3. The van der Waals surface area contributed by atoms with Crippen LogP contribution in [0.3, 0.4) is 0 Å². The number of phenolic OH excluding ortho intramolecular Hbond substituents is 1. The maximum Gasteiger partial charge on any atom is 0.271 e. The molecule has 0 aliphatic heterocycles. The van der Waals surface area contributed by atoms with Crippen molar-refractivity contribution >= 4 is 71.5 Å². The van der Waals surface area contributed by atoms with Gasteiger partial charge in [0, 0.05) is 20.6 Å². The van der Waals surface area contributed by atoms with E-state index in [1.165, 1.54) is 6.21 Å². The summed E-state index contributed by atoms with van der Waals surface area (Å²) in [5.74, 6) is -0.310. The third-order valence-electron chi connectivity index (χ3n) is 2.65. The summed E-state index contributed by atoms with van der Waals surface area (Å²) >= 11 is 15.6. The molecular formula is C14H8Br3ClN2O2. The maximum absolute atomic E-state index is 11.9. The van der Waals surface area contributed by atoms with Crippen molar-refractivity contribution in [3.63, 3.8) is 0 Å². The fraction of sp³-hybridized carbons (Fsp3) is 0. The standard InChI is InChI=1S/C14H8Br3ClN2O2/c15-10-5-11(16)13(21)12(17)9(10)6-19-20-14(22)7-1-3-8(18)4-2-7/h1-6,21H,(H,20,22). The van der Waals surface area contributed by atoms with Gasteiger partial charge >= 0.3 is 0 Å². The summed E-state index contributed by atoms with van der Waals surface area (Å²) in [5, 5.41) is 14.3. The summed E-state index contributed by atoms with van der Waals surface area (Å²) in [6.07, 6.45) is 1.42. The number of hydrogen-bond donors (Lipinski definition) is 2. The molecule has 22 heavy (non-hydrogen) atoms. The van der Waals surface area contributed by atoms with E-state index in [-0.39, 0.29) is 11.7 Å². The van der Waals surface area contributed by atoms with E-state index in [1.807, 2.05) is 0 Å². The lowest BCUT2D eigenvalue weighted by atomic mass is 10.2. The predicted octanol–water partition coefficient (Wildman–Crippen LogP) is 5.10. The number of nitrogens with one attached hydrogen (secondary N) is 1. The van der Waals surface area contributed by atoms with Crippen LogP contribution in [0.25, 0.3) is 0 Å². The highest BCUT2D eigenvalue weighted by Gasteiger charge is 2.12. The summed E-state index contributed by atoms with van der Waals surface area (Å²) in [5.41, 5.74) is 3.45. The Morgan fingerprint density at radius 3 is 2.45 bits per heavy atom. The highest BCUT2D eigenvalue weighted by atomic mass is 79.9. The molecule has 2 N–H and O–H groups in total. The molecule has 0 aliphatic rings. The van der Waals surface area contributed by atoms with Crippen LogP contribution in [0.2, 0.25) is 5.02 Å². The topological polar surface area (TPSA) is 61.7 Å². The molecule has 8 heteroatoms. The number of carbonyl (C=O) groups excluding carboxylic acids is 1. The Bertz CT molecular complexity index is 749. The Labute approximate surface area is 156 Å². The van der Waals surface area contributed by atoms with E-state index in [0.29, 0.717) is 29.6 Å². The van der Waals surface area contributed by atoms with E-state index < -0.39 is 0 Å². The third-order valence-corrected chi connectivity index (χ3v) is 4.96. The SMILES string of the molecule is O=C(NN=Cc1c(Br)cc(Br)c(O)c1Br)c1ccc(Cl)cc1. The molecule has 0 saturated carbocycles. The average Bonchev–Trinajstić information content (AvgIpc) is 2.49. The lowest BCUT2D eigenvalue weighted by Crippen LogP contribution is -2.17. The average molecular weight is 511 g/mol. The van der Waals surface area contributed by atoms with Crippen molar-refractivity contribution in [3.05, 3.63) is 59.9 Å². The molecule has 114 valence electrons. The molecule has 4 nitrogen and oxygen atoms in total. The van der Waals surface area contributed by atoms with Crippen molar-refractivity contribution in [2.45, 2.75) is 0 Å². The first-order chi connectivity index (χ1) is 10.4. The summed E-state index contributed by atoms with van der Waals surface area (Å²) < 4.78 is 1.69. The first kappa shape index (κ1) is 17.5. The molecule has 0 unspecified atom stereocenters. The van der Waals surface area contributed by atoms with Crippen LogP contribution in [0.5, 0.6) is 5.75 Å². The van der Waals surface area contributed by atoms with Crippen molar-refractivity contribution in [1.29, 1.82) is 0 Å². The number of nitrogens with zero attached hydrogens (tertiary/aromatic N) is 1. The minimum atomic E-state index is -0.360. The Balaban J connectivity index is 2.15. The van der Waals surface area contributed by atoms with Gasteiger partial charge in [0.25, 0.3) is 5.91 Å². The normalized spacial score (nSPS) is 10.9. The van der Waals surface area contributed by atoms with Crippen LogP contribution in [0.4, 0.5) is 0 Å². The molecule has 2 rings (SSSR count). The summed E-state index contributed by atoms with van der Waals surface area (Å²) in [6, 6.07) is 8.14. The number of amides is 1. The van der Waals surface area contributed by atoms with Gasteiger partial charge in [0.15, 0.2) is 0 Å². The van der Waals surface area contributed by atoms with Gasteiger partial charge in [-0.15, -0.1) is 0 Å². The highest BCUT2D eigenvalue weighted by molar-refractivity contribution is 9.11. The Morgan fingerprint density at radius 1 is 1.18 bits per heavy atom. The van der Waals surface area contributed by atoms with E-state index in [4.69, 9.17) is 11.6 Å². The zero-order chi connectivity index (χ0) is 16.3. The third kappa shape index (κ3) is 4.10. The van der Waals surface area contributed by atoms with Crippen LogP contribution in [-0.2, 0) is 0 Å². The number of halogens is 4. The van der Waals surface area contributed by atoms with E-state index in [0.717, 1.165) is 0 Å². The number of hydrazone groups is 1. The van der Waals surface area contributed by atoms with Crippen molar-refractivity contribution < 1.29 is 9.90 Å². The van der Waals surface area contributed by atoms with Crippen LogP contribution in [0, 0.1) is 0 Å². The van der Waals surface area contributed by atoms with Crippen molar-refractivity contribution in [2.75, 3.05) is 0 Å². The maximum atomic E-state index is 11.9. The van der Waals surface area contributed by atoms with Crippen LogP contribution < -0.4 is 5.43 Å². The molecule has 2 aromatic carbocycles. The first-order valence-electron chi connectivity index (χ1n) is 5.85. The molecule has 0 spiro atoms. The van der Waals surface area contributed by atoms with Gasteiger partial charge in [-0.1, -0.05) is 27.5 Å². The van der Waals surface area contributed by atoms with Crippen LogP contribution in [-0.4, -0.2) is 17.2 Å². The quantitative estimate of drug-likeness (QED) is 0.445. The number of benzene rings is 2. The number of rotatable bonds is 3. The second-order valence-corrected chi connectivity index (χ2v) is 7.06. The number of carbonyl (C=O) groups is 1. The van der Waals surface area contributed by atoms with Gasteiger partial charge in [0.05, 0.1) is 15.2 Å². The second-order valence-electron chi connectivity index (χ2n) is 4.12. The van der Waals surface area contributed by atoms with Crippen LogP contribution in [0.15, 0.2) is 48.9 Å². The minimum Gasteiger partial charge on any atom is -0.506 e. The van der Waals surface area contributed by atoms with Gasteiger partial charge in [-0.3, -0.25) is 4.79 Å². The zero-order valence-corrected chi connectivity index (χ0v) is 16.3. The molecule has 0 radical (unpaired) electrons. The molecule has 0 atom stereocenters. The lowest BCUT2D eigenvalue weighted by molar-refractivity contribution is 0.0955. The molecule has 2 aromatic rings. The van der Waals surface area contributed by atoms with Crippen molar-refractivity contribution in [3.8, 4) is 5.75 Å². The smallest absolute Gasteiger partial charge is 0.271 e. The number of phenols is 1. The van der Waals surface area contributed by atoms with Crippen molar-refractivity contribution in [2.24, 2.45) is 5.10 Å². The van der Waals surface area contributed by atoms with E-state index in [1.54, 1.807) is 30.3 Å². The van der Waals surface area contributed by atoms with Gasteiger partial charge in [0.2, 0.25) is 0 Å². The Hall–Kier alpha value is -0.890. The number of aromatic hydroxyl groups is 1. The summed E-state index contributed by atoms with van der Waals surface area (Å²) in [7, 11) is 0. The molecule has 0 aromatic heterocycles. The predicted molar refractivity (Wildman–Crippen MR) is 97.7 cm³/mol. The fourth-order valence-corrected chi connectivity index (χ4v) is 3.99. The molecule has 0 bridgehead atoms. The zero-order valence-electron chi connectivity index (χ0n) is 10.8. The summed E-state index contributed by atoms with van der Waals surface area (Å²) in [4.78, 5) is 11.9. The molecular weight excluding hydrogens is 503 g/mol. The van der Waals surface area contributed by atoms with Gasteiger partial charge in [-0.2, -0.15) is 5.10 Å². The Kier molecular flexibility index (Phi) is 6.02. The minimum absolute atomic E-state index is 0.0497. The van der Waals surface area contributed by atoms with Crippen LogP contribution >= 0.6 is 59.4 Å². The summed E-state index contributed by atoms with van der Waals surface area (Å²) in [6.45, 7) is 0. The monoisotopic (exact) mass is 508 g/mol. The molecule has 1 amide bonds. The Morgan fingerprint density at radius 2 is 1.82 bits per heavy atom. The lowest BCUT2D eigenvalue weighted by Gasteiger charge is -2.06. The first-order valence-corrected chi connectivity index (χ1v) is 8.61. The van der Waals surface area contributed by atoms with Gasteiger partial charge in [-0.25, -0.2) is 5.43 Å². The fourth-order valence-electron chi connectivity index (χ4n) is 1.53.